The molecule has 0 bridgehead atoms. The van der Waals surface area contributed by atoms with Gasteiger partial charge in [-0.3, -0.25) is 5.32 Å². The smallest absolute Gasteiger partial charge is 0.133 e. The Morgan fingerprint density at radius 2 is 1.90 bits per heavy atom. The summed E-state index contributed by atoms with van der Waals surface area (Å²) < 4.78 is 0.247. The van der Waals surface area contributed by atoms with E-state index in [0.717, 1.165) is 17.7 Å². The Labute approximate surface area is 127 Å². The van der Waals surface area contributed by atoms with Crippen molar-refractivity contribution < 1.29 is 0 Å². The molecule has 1 aromatic carbocycles. The third-order valence-corrected chi connectivity index (χ3v) is 4.77. The van der Waals surface area contributed by atoms with Gasteiger partial charge in [0.25, 0.3) is 0 Å². The molecule has 108 valence electrons. The van der Waals surface area contributed by atoms with E-state index >= 15 is 0 Å². The lowest BCUT2D eigenvalue weighted by Gasteiger charge is -2.30. The first-order valence-electron chi connectivity index (χ1n) is 7.34. The quantitative estimate of drug-likeness (QED) is 0.857. The fourth-order valence-corrected chi connectivity index (χ4v) is 3.28. The number of nitriles is 1. The normalized spacial score (nSPS) is 18.3. The topological polar surface area (TPSA) is 35.8 Å². The molecule has 20 heavy (non-hydrogen) atoms. The molecular formula is C17H24N2S. The Morgan fingerprint density at radius 3 is 2.40 bits per heavy atom. The Bertz CT molecular complexity index is 468. The zero-order valence-corrected chi connectivity index (χ0v) is 13.5. The number of nitrogens with zero attached hydrogens (tertiary/aromatic N) is 1. The van der Waals surface area contributed by atoms with E-state index < -0.39 is 5.54 Å². The van der Waals surface area contributed by atoms with Crippen LogP contribution in [0.5, 0.6) is 0 Å². The molecule has 1 atom stereocenters. The molecule has 0 amide bonds. The summed E-state index contributed by atoms with van der Waals surface area (Å²) in [7, 11) is 0. The van der Waals surface area contributed by atoms with E-state index in [1.807, 2.05) is 30.0 Å². The van der Waals surface area contributed by atoms with Crippen molar-refractivity contribution in [3.8, 4) is 6.07 Å². The minimum Gasteiger partial charge on any atom is -0.293 e. The minimum absolute atomic E-state index is 0.247. The van der Waals surface area contributed by atoms with E-state index in [9.17, 15) is 5.26 Å². The third kappa shape index (κ3) is 4.26. The molecule has 1 fully saturated rings. The second-order valence-electron chi connectivity index (χ2n) is 6.51. The molecule has 0 heterocycles. The molecule has 1 aliphatic carbocycles. The molecule has 1 aromatic rings. The summed E-state index contributed by atoms with van der Waals surface area (Å²) in [5.41, 5.74) is 0.574. The predicted molar refractivity (Wildman–Crippen MR) is 86.7 cm³/mol. The van der Waals surface area contributed by atoms with Gasteiger partial charge in [0.15, 0.2) is 0 Å². The predicted octanol–water partition coefficient (Wildman–Crippen LogP) is 4.08. The number of hydrogen-bond donors (Lipinski definition) is 1. The molecule has 0 aliphatic heterocycles. The molecular weight excluding hydrogens is 264 g/mol. The summed E-state index contributed by atoms with van der Waals surface area (Å²) in [4.78, 5) is 0. The lowest BCUT2D eigenvalue weighted by atomic mass is 9.88. The Hall–Kier alpha value is -0.980. The van der Waals surface area contributed by atoms with Crippen molar-refractivity contribution in [2.75, 3.05) is 5.75 Å². The van der Waals surface area contributed by atoms with Crippen molar-refractivity contribution in [3.05, 3.63) is 35.9 Å². The van der Waals surface area contributed by atoms with Crippen LogP contribution in [-0.4, -0.2) is 16.5 Å². The van der Waals surface area contributed by atoms with Crippen LogP contribution in [0.4, 0.5) is 0 Å². The van der Waals surface area contributed by atoms with Gasteiger partial charge < -0.3 is 0 Å². The standard InChI is InChI=1S/C17H24N2S/c1-16(2,3)20-12-11-17(13-18,19-15-9-10-15)14-7-5-4-6-8-14/h4-8,15,19H,9-12H2,1-3H3. The van der Waals surface area contributed by atoms with Crippen LogP contribution in [0, 0.1) is 11.3 Å². The van der Waals surface area contributed by atoms with Crippen LogP contribution in [0.1, 0.15) is 45.6 Å². The zero-order valence-electron chi connectivity index (χ0n) is 12.6. The van der Waals surface area contributed by atoms with Gasteiger partial charge in [-0.1, -0.05) is 51.1 Å². The molecule has 2 rings (SSSR count). The van der Waals surface area contributed by atoms with Gasteiger partial charge in [-0.05, 0) is 30.6 Å². The fourth-order valence-electron chi connectivity index (χ4n) is 2.26. The SMILES string of the molecule is CC(C)(C)SCCC(C#N)(NC1CC1)c1ccccc1. The second-order valence-corrected chi connectivity index (χ2v) is 8.43. The van der Waals surface area contributed by atoms with Gasteiger partial charge in [0.1, 0.15) is 5.54 Å². The van der Waals surface area contributed by atoms with E-state index in [0.29, 0.717) is 6.04 Å². The van der Waals surface area contributed by atoms with Crippen LogP contribution >= 0.6 is 11.8 Å². The largest absolute Gasteiger partial charge is 0.293 e. The van der Waals surface area contributed by atoms with Gasteiger partial charge in [-0.2, -0.15) is 17.0 Å². The van der Waals surface area contributed by atoms with Crippen LogP contribution in [0.3, 0.4) is 0 Å². The molecule has 1 saturated carbocycles. The van der Waals surface area contributed by atoms with Crippen LogP contribution in [0.15, 0.2) is 30.3 Å². The van der Waals surface area contributed by atoms with E-state index in [4.69, 9.17) is 0 Å². The first kappa shape index (κ1) is 15.4. The maximum Gasteiger partial charge on any atom is 0.133 e. The van der Waals surface area contributed by atoms with Crippen LogP contribution < -0.4 is 5.32 Å². The average molecular weight is 288 g/mol. The highest BCUT2D eigenvalue weighted by Crippen LogP contribution is 2.34. The number of thioether (sulfide) groups is 1. The molecule has 0 radical (unpaired) electrons. The first-order valence-corrected chi connectivity index (χ1v) is 8.32. The maximum absolute atomic E-state index is 9.81. The first-order chi connectivity index (χ1) is 9.45. The molecule has 0 saturated heterocycles. The molecule has 1 aliphatic rings. The highest BCUT2D eigenvalue weighted by Gasteiger charge is 2.37. The average Bonchev–Trinajstić information content (AvgIpc) is 3.21. The van der Waals surface area contributed by atoms with Crippen molar-refractivity contribution in [1.82, 2.24) is 5.32 Å². The van der Waals surface area contributed by atoms with Gasteiger partial charge in [0.2, 0.25) is 0 Å². The maximum atomic E-state index is 9.81. The van der Waals surface area contributed by atoms with Gasteiger partial charge in [-0.25, -0.2) is 0 Å². The monoisotopic (exact) mass is 288 g/mol. The molecule has 1 N–H and O–H groups in total. The van der Waals surface area contributed by atoms with Crippen LogP contribution in [-0.2, 0) is 5.54 Å². The highest BCUT2D eigenvalue weighted by atomic mass is 32.2. The molecule has 2 nitrogen and oxygen atoms in total. The van der Waals surface area contributed by atoms with Crippen LogP contribution in [0.25, 0.3) is 0 Å². The number of hydrogen-bond acceptors (Lipinski definition) is 3. The van der Waals surface area contributed by atoms with Crippen molar-refractivity contribution in [2.45, 2.75) is 56.4 Å². The van der Waals surface area contributed by atoms with Crippen molar-refractivity contribution in [3.63, 3.8) is 0 Å². The Kier molecular flexibility index (Phi) is 4.78. The molecule has 0 spiro atoms. The van der Waals surface area contributed by atoms with Crippen molar-refractivity contribution in [2.24, 2.45) is 0 Å². The zero-order chi connectivity index (χ0) is 14.6. The van der Waals surface area contributed by atoms with Gasteiger partial charge in [-0.15, -0.1) is 0 Å². The molecule has 1 unspecified atom stereocenters. The lowest BCUT2D eigenvalue weighted by Crippen LogP contribution is -2.43. The number of nitrogens with one attached hydrogen (secondary N) is 1. The number of rotatable bonds is 6. The van der Waals surface area contributed by atoms with E-state index in [1.165, 1.54) is 12.8 Å². The van der Waals surface area contributed by atoms with Crippen molar-refractivity contribution in [1.29, 1.82) is 5.26 Å². The summed E-state index contributed by atoms with van der Waals surface area (Å²) in [5, 5.41) is 13.4. The van der Waals surface area contributed by atoms with Crippen molar-refractivity contribution >= 4 is 11.8 Å². The third-order valence-electron chi connectivity index (χ3n) is 3.50. The van der Waals surface area contributed by atoms with Gasteiger partial charge >= 0.3 is 0 Å². The summed E-state index contributed by atoms with van der Waals surface area (Å²) in [6.07, 6.45) is 3.25. The summed E-state index contributed by atoms with van der Waals surface area (Å²) in [5.74, 6) is 0.992. The van der Waals surface area contributed by atoms with E-state index in [-0.39, 0.29) is 4.75 Å². The molecule has 0 aromatic heterocycles. The highest BCUT2D eigenvalue weighted by molar-refractivity contribution is 8.00. The van der Waals surface area contributed by atoms with E-state index in [1.54, 1.807) is 0 Å². The summed E-state index contributed by atoms with van der Waals surface area (Å²) in [6, 6.07) is 13.3. The van der Waals surface area contributed by atoms with Crippen LogP contribution in [0.2, 0.25) is 0 Å². The van der Waals surface area contributed by atoms with Gasteiger partial charge in [0.05, 0.1) is 6.07 Å². The fraction of sp³-hybridized carbons (Fsp3) is 0.588. The number of benzene rings is 1. The van der Waals surface area contributed by atoms with E-state index in [2.05, 4.69) is 44.3 Å². The summed E-state index contributed by atoms with van der Waals surface area (Å²) in [6.45, 7) is 6.67. The van der Waals surface area contributed by atoms with Gasteiger partial charge in [0, 0.05) is 10.8 Å². The Morgan fingerprint density at radius 1 is 1.25 bits per heavy atom. The second kappa shape index (κ2) is 6.20. The molecule has 3 heteroatoms. The summed E-state index contributed by atoms with van der Waals surface area (Å²) >= 11 is 1.93. The lowest BCUT2D eigenvalue weighted by molar-refractivity contribution is 0.412. The Balaban J connectivity index is 2.13. The minimum atomic E-state index is -0.527.